The standard InChI is InChI=1S/C20H18N4/c21-14-24-11-10-18(13-24)20-12-19(22-23-20)17-8-6-16(7-9-17)15-4-2-1-3-5-15/h1-9,12,18H,10-11,13H2,(H,22,23). The van der Waals surface area contributed by atoms with E-state index in [-0.39, 0.29) is 0 Å². The predicted molar refractivity (Wildman–Crippen MR) is 94.0 cm³/mol. The van der Waals surface area contributed by atoms with Crippen molar-refractivity contribution in [3.63, 3.8) is 0 Å². The third kappa shape index (κ3) is 2.77. The van der Waals surface area contributed by atoms with Crippen molar-refractivity contribution in [1.82, 2.24) is 15.1 Å². The normalized spacial score (nSPS) is 17.0. The number of nitriles is 1. The molecule has 4 nitrogen and oxygen atoms in total. The van der Waals surface area contributed by atoms with Crippen LogP contribution in [0.5, 0.6) is 0 Å². The molecule has 1 aliphatic rings. The van der Waals surface area contributed by atoms with Gasteiger partial charge in [-0.25, -0.2) is 0 Å². The lowest BCUT2D eigenvalue weighted by Gasteiger charge is -2.06. The van der Waals surface area contributed by atoms with Gasteiger partial charge >= 0.3 is 0 Å². The minimum absolute atomic E-state index is 0.370. The maximum Gasteiger partial charge on any atom is 0.179 e. The Kier molecular flexibility index (Phi) is 3.76. The van der Waals surface area contributed by atoms with Gasteiger partial charge in [0.15, 0.2) is 6.19 Å². The molecular formula is C20H18N4. The molecule has 2 aromatic carbocycles. The lowest BCUT2D eigenvalue weighted by Crippen LogP contribution is -2.12. The highest BCUT2D eigenvalue weighted by atomic mass is 15.2. The predicted octanol–water partition coefficient (Wildman–Crippen LogP) is 4.01. The van der Waals surface area contributed by atoms with Gasteiger partial charge in [-0.15, -0.1) is 0 Å². The van der Waals surface area contributed by atoms with Gasteiger partial charge in [0.05, 0.1) is 5.69 Å². The number of benzene rings is 2. The van der Waals surface area contributed by atoms with Crippen LogP contribution in [0.2, 0.25) is 0 Å². The Hall–Kier alpha value is -3.06. The van der Waals surface area contributed by atoms with Gasteiger partial charge in [0.25, 0.3) is 0 Å². The van der Waals surface area contributed by atoms with Crippen LogP contribution in [-0.2, 0) is 0 Å². The number of rotatable bonds is 3. The third-order valence-electron chi connectivity index (χ3n) is 4.65. The number of nitrogens with one attached hydrogen (secondary N) is 1. The number of hydrogen-bond acceptors (Lipinski definition) is 3. The molecule has 0 spiro atoms. The summed E-state index contributed by atoms with van der Waals surface area (Å²) in [6.07, 6.45) is 3.23. The molecular weight excluding hydrogens is 296 g/mol. The van der Waals surface area contributed by atoms with E-state index in [1.54, 1.807) is 4.90 Å². The Balaban J connectivity index is 1.54. The average molecular weight is 314 g/mol. The quantitative estimate of drug-likeness (QED) is 0.743. The zero-order valence-electron chi connectivity index (χ0n) is 13.3. The Morgan fingerprint density at radius 1 is 1.00 bits per heavy atom. The Labute approximate surface area is 141 Å². The first-order valence-electron chi connectivity index (χ1n) is 8.19. The summed E-state index contributed by atoms with van der Waals surface area (Å²) in [4.78, 5) is 1.81. The maximum absolute atomic E-state index is 8.98. The van der Waals surface area contributed by atoms with Crippen molar-refractivity contribution in [3.8, 4) is 28.6 Å². The van der Waals surface area contributed by atoms with Crippen LogP contribution in [0.25, 0.3) is 22.4 Å². The fraction of sp³-hybridized carbons (Fsp3) is 0.200. The van der Waals surface area contributed by atoms with Gasteiger partial charge in [0, 0.05) is 30.3 Å². The summed E-state index contributed by atoms with van der Waals surface area (Å²) in [5.41, 5.74) is 5.60. The molecule has 24 heavy (non-hydrogen) atoms. The van der Waals surface area contributed by atoms with E-state index in [9.17, 15) is 0 Å². The molecule has 1 saturated heterocycles. The first kappa shape index (κ1) is 14.5. The number of aromatic amines is 1. The highest BCUT2D eigenvalue weighted by molar-refractivity contribution is 5.68. The molecule has 118 valence electrons. The number of hydrogen-bond donors (Lipinski definition) is 1. The molecule has 1 unspecified atom stereocenters. The Bertz CT molecular complexity index is 859. The van der Waals surface area contributed by atoms with Crippen LogP contribution in [-0.4, -0.2) is 28.2 Å². The van der Waals surface area contributed by atoms with E-state index in [1.807, 2.05) is 6.07 Å². The third-order valence-corrected chi connectivity index (χ3v) is 4.65. The molecule has 0 radical (unpaired) electrons. The first-order valence-corrected chi connectivity index (χ1v) is 8.19. The lowest BCUT2D eigenvalue weighted by molar-refractivity contribution is 0.478. The highest BCUT2D eigenvalue weighted by Crippen LogP contribution is 2.29. The molecule has 0 aliphatic carbocycles. The number of likely N-dealkylation sites (tertiary alicyclic amines) is 1. The molecule has 1 atom stereocenters. The van der Waals surface area contributed by atoms with Crippen LogP contribution in [0, 0.1) is 11.5 Å². The monoisotopic (exact) mass is 314 g/mol. The van der Waals surface area contributed by atoms with Crippen LogP contribution < -0.4 is 0 Å². The summed E-state index contributed by atoms with van der Waals surface area (Å²) in [6.45, 7) is 1.62. The summed E-state index contributed by atoms with van der Waals surface area (Å²) in [7, 11) is 0. The van der Waals surface area contributed by atoms with E-state index in [2.05, 4.69) is 71.0 Å². The van der Waals surface area contributed by atoms with Crippen LogP contribution >= 0.6 is 0 Å². The van der Waals surface area contributed by atoms with E-state index >= 15 is 0 Å². The average Bonchev–Trinajstić information content (AvgIpc) is 3.32. The summed E-state index contributed by atoms with van der Waals surface area (Å²) >= 11 is 0. The van der Waals surface area contributed by atoms with Crippen molar-refractivity contribution in [2.24, 2.45) is 0 Å². The van der Waals surface area contributed by atoms with Crippen LogP contribution in [0.4, 0.5) is 0 Å². The van der Waals surface area contributed by atoms with E-state index in [4.69, 9.17) is 5.26 Å². The Morgan fingerprint density at radius 3 is 2.42 bits per heavy atom. The van der Waals surface area contributed by atoms with E-state index in [0.717, 1.165) is 36.5 Å². The second-order valence-corrected chi connectivity index (χ2v) is 6.18. The van der Waals surface area contributed by atoms with Crippen LogP contribution in [0.1, 0.15) is 18.0 Å². The zero-order valence-corrected chi connectivity index (χ0v) is 13.3. The fourth-order valence-electron chi connectivity index (χ4n) is 3.26. The summed E-state index contributed by atoms with van der Waals surface area (Å²) in [5.74, 6) is 0.370. The molecule has 3 aromatic rings. The zero-order chi connectivity index (χ0) is 16.4. The Morgan fingerprint density at radius 2 is 1.71 bits per heavy atom. The van der Waals surface area contributed by atoms with Crippen molar-refractivity contribution in [3.05, 3.63) is 66.4 Å². The van der Waals surface area contributed by atoms with Crippen molar-refractivity contribution >= 4 is 0 Å². The first-order chi connectivity index (χ1) is 11.8. The smallest absolute Gasteiger partial charge is 0.179 e. The van der Waals surface area contributed by atoms with Crippen molar-refractivity contribution in [1.29, 1.82) is 5.26 Å². The molecule has 4 heteroatoms. The van der Waals surface area contributed by atoms with Gasteiger partial charge in [0.1, 0.15) is 0 Å². The topological polar surface area (TPSA) is 55.7 Å². The molecule has 0 bridgehead atoms. The molecule has 1 fully saturated rings. The molecule has 0 amide bonds. The van der Waals surface area contributed by atoms with Gasteiger partial charge in [-0.3, -0.25) is 5.10 Å². The number of aromatic nitrogens is 2. The van der Waals surface area contributed by atoms with E-state index in [0.29, 0.717) is 5.92 Å². The number of H-pyrrole nitrogens is 1. The van der Waals surface area contributed by atoms with Gasteiger partial charge in [-0.2, -0.15) is 10.4 Å². The number of nitrogens with zero attached hydrogens (tertiary/aromatic N) is 3. The largest absolute Gasteiger partial charge is 0.310 e. The highest BCUT2D eigenvalue weighted by Gasteiger charge is 2.24. The van der Waals surface area contributed by atoms with Gasteiger partial charge in [0.2, 0.25) is 0 Å². The maximum atomic E-state index is 8.98. The minimum atomic E-state index is 0.370. The molecule has 4 rings (SSSR count). The minimum Gasteiger partial charge on any atom is -0.310 e. The molecule has 0 saturated carbocycles. The SMILES string of the molecule is N#CN1CCC(c2cc(-c3ccc(-c4ccccc4)cc3)n[nH]2)C1. The van der Waals surface area contributed by atoms with Crippen molar-refractivity contribution < 1.29 is 0 Å². The van der Waals surface area contributed by atoms with E-state index in [1.165, 1.54) is 11.1 Å². The van der Waals surface area contributed by atoms with Gasteiger partial charge in [-0.1, -0.05) is 54.6 Å². The summed E-state index contributed by atoms with van der Waals surface area (Å²) in [5, 5.41) is 16.6. The molecule has 1 N–H and O–H groups in total. The second-order valence-electron chi connectivity index (χ2n) is 6.18. The fourth-order valence-corrected chi connectivity index (χ4v) is 3.26. The van der Waals surface area contributed by atoms with Gasteiger partial charge < -0.3 is 4.90 Å². The van der Waals surface area contributed by atoms with Crippen LogP contribution in [0.15, 0.2) is 60.7 Å². The molecule has 2 heterocycles. The lowest BCUT2D eigenvalue weighted by atomic mass is 10.0. The van der Waals surface area contributed by atoms with E-state index < -0.39 is 0 Å². The summed E-state index contributed by atoms with van der Waals surface area (Å²) < 4.78 is 0. The molecule has 1 aliphatic heterocycles. The van der Waals surface area contributed by atoms with Gasteiger partial charge in [-0.05, 0) is 23.6 Å². The second kappa shape index (κ2) is 6.21. The summed E-state index contributed by atoms with van der Waals surface area (Å²) in [6, 6.07) is 21.0. The van der Waals surface area contributed by atoms with Crippen LogP contribution in [0.3, 0.4) is 0 Å². The van der Waals surface area contributed by atoms with Crippen molar-refractivity contribution in [2.75, 3.05) is 13.1 Å². The van der Waals surface area contributed by atoms with Crippen molar-refractivity contribution in [2.45, 2.75) is 12.3 Å². The molecule has 1 aromatic heterocycles.